The zero-order valence-electron chi connectivity index (χ0n) is 13.8. The number of aromatic amines is 1. The number of thioether (sulfide) groups is 1. The highest BCUT2D eigenvalue weighted by Crippen LogP contribution is 2.26. The van der Waals surface area contributed by atoms with Crippen LogP contribution < -0.4 is 5.32 Å². The smallest absolute Gasteiger partial charge is 0.234 e. The van der Waals surface area contributed by atoms with Gasteiger partial charge < -0.3 is 5.32 Å². The van der Waals surface area contributed by atoms with E-state index in [0.29, 0.717) is 16.0 Å². The molecule has 2 aromatic carbocycles. The minimum atomic E-state index is -0.0963. The summed E-state index contributed by atoms with van der Waals surface area (Å²) in [7, 11) is 0. The largest absolute Gasteiger partial charge is 0.325 e. The molecule has 0 aliphatic carbocycles. The van der Waals surface area contributed by atoms with Crippen LogP contribution >= 0.6 is 23.4 Å². The van der Waals surface area contributed by atoms with E-state index in [1.807, 2.05) is 50.2 Å². The quantitative estimate of drug-likeness (QED) is 0.648. The Balaban J connectivity index is 1.60. The van der Waals surface area contributed by atoms with E-state index in [1.165, 1.54) is 11.8 Å². The first-order chi connectivity index (χ1) is 12.0. The molecular formula is C18H17ClN4OS. The maximum absolute atomic E-state index is 12.1. The summed E-state index contributed by atoms with van der Waals surface area (Å²) in [5, 5.41) is 11.0. The SMILES string of the molecule is Cc1ccc(NC(=O)CSc2n[nH]c(-c3ccccc3Cl)n2)c(C)c1. The lowest BCUT2D eigenvalue weighted by Gasteiger charge is -2.08. The molecular weight excluding hydrogens is 356 g/mol. The molecule has 7 heteroatoms. The Kier molecular flexibility index (Phi) is 5.40. The third-order valence-corrected chi connectivity index (χ3v) is 4.76. The number of hydrogen-bond donors (Lipinski definition) is 2. The lowest BCUT2D eigenvalue weighted by molar-refractivity contribution is -0.113. The number of nitrogens with zero attached hydrogens (tertiary/aromatic N) is 2. The molecule has 3 aromatic rings. The molecule has 25 heavy (non-hydrogen) atoms. The maximum Gasteiger partial charge on any atom is 0.234 e. The maximum atomic E-state index is 12.1. The summed E-state index contributed by atoms with van der Waals surface area (Å²) in [6, 6.07) is 13.3. The number of nitrogens with one attached hydrogen (secondary N) is 2. The van der Waals surface area contributed by atoms with Gasteiger partial charge in [0, 0.05) is 11.3 Å². The van der Waals surface area contributed by atoms with Crippen molar-refractivity contribution in [3.8, 4) is 11.4 Å². The normalized spacial score (nSPS) is 10.7. The molecule has 0 bridgehead atoms. The zero-order valence-corrected chi connectivity index (χ0v) is 15.4. The number of aromatic nitrogens is 3. The first-order valence-corrected chi connectivity index (χ1v) is 9.06. The number of amides is 1. The van der Waals surface area contributed by atoms with Crippen LogP contribution in [-0.4, -0.2) is 26.8 Å². The number of carbonyl (C=O) groups is 1. The van der Waals surface area contributed by atoms with Crippen LogP contribution in [0.5, 0.6) is 0 Å². The predicted octanol–water partition coefficient (Wildman–Crippen LogP) is 4.47. The third kappa shape index (κ3) is 4.41. The Morgan fingerprint density at radius 2 is 2.04 bits per heavy atom. The van der Waals surface area contributed by atoms with Crippen molar-refractivity contribution < 1.29 is 4.79 Å². The van der Waals surface area contributed by atoms with Crippen LogP contribution in [0.4, 0.5) is 5.69 Å². The van der Waals surface area contributed by atoms with Gasteiger partial charge in [-0.3, -0.25) is 9.89 Å². The minimum absolute atomic E-state index is 0.0963. The second-order valence-electron chi connectivity index (χ2n) is 5.60. The highest BCUT2D eigenvalue weighted by Gasteiger charge is 2.11. The van der Waals surface area contributed by atoms with E-state index in [4.69, 9.17) is 11.6 Å². The van der Waals surface area contributed by atoms with Crippen molar-refractivity contribution in [2.24, 2.45) is 0 Å². The lowest BCUT2D eigenvalue weighted by Crippen LogP contribution is -2.15. The molecule has 0 fully saturated rings. The Bertz CT molecular complexity index is 910. The van der Waals surface area contributed by atoms with Gasteiger partial charge in [-0.15, -0.1) is 5.10 Å². The molecule has 0 aliphatic heterocycles. The van der Waals surface area contributed by atoms with Gasteiger partial charge in [-0.2, -0.15) is 0 Å². The van der Waals surface area contributed by atoms with E-state index in [0.717, 1.165) is 22.4 Å². The van der Waals surface area contributed by atoms with Crippen molar-refractivity contribution in [3.05, 3.63) is 58.6 Å². The van der Waals surface area contributed by atoms with Crippen LogP contribution in [0.25, 0.3) is 11.4 Å². The minimum Gasteiger partial charge on any atom is -0.325 e. The summed E-state index contributed by atoms with van der Waals surface area (Å²) in [5.74, 6) is 0.719. The molecule has 0 radical (unpaired) electrons. The van der Waals surface area contributed by atoms with Crippen molar-refractivity contribution in [3.63, 3.8) is 0 Å². The average Bonchev–Trinajstić information content (AvgIpc) is 3.05. The predicted molar refractivity (Wildman–Crippen MR) is 102 cm³/mol. The Morgan fingerprint density at radius 1 is 1.24 bits per heavy atom. The third-order valence-electron chi connectivity index (χ3n) is 3.58. The Morgan fingerprint density at radius 3 is 2.80 bits per heavy atom. The number of rotatable bonds is 5. The molecule has 3 rings (SSSR count). The molecule has 0 unspecified atom stereocenters. The van der Waals surface area contributed by atoms with E-state index < -0.39 is 0 Å². The number of aryl methyl sites for hydroxylation is 2. The lowest BCUT2D eigenvalue weighted by atomic mass is 10.1. The summed E-state index contributed by atoms with van der Waals surface area (Å²) >= 11 is 7.42. The summed E-state index contributed by atoms with van der Waals surface area (Å²) in [5.41, 5.74) is 3.81. The van der Waals surface area contributed by atoms with Gasteiger partial charge >= 0.3 is 0 Å². The van der Waals surface area contributed by atoms with Crippen LogP contribution in [-0.2, 0) is 4.79 Å². The van der Waals surface area contributed by atoms with Gasteiger partial charge in [0.1, 0.15) is 0 Å². The second kappa shape index (κ2) is 7.72. The van der Waals surface area contributed by atoms with Crippen LogP contribution in [0, 0.1) is 13.8 Å². The van der Waals surface area contributed by atoms with Gasteiger partial charge in [-0.1, -0.05) is 53.2 Å². The van der Waals surface area contributed by atoms with Gasteiger partial charge in [-0.25, -0.2) is 4.98 Å². The van der Waals surface area contributed by atoms with Gasteiger partial charge in [-0.05, 0) is 37.6 Å². The van der Waals surface area contributed by atoms with Crippen LogP contribution in [0.1, 0.15) is 11.1 Å². The highest BCUT2D eigenvalue weighted by atomic mass is 35.5. The Hall–Kier alpha value is -2.31. The fourth-order valence-corrected chi connectivity index (χ4v) is 3.18. The summed E-state index contributed by atoms with van der Waals surface area (Å²) < 4.78 is 0. The van der Waals surface area contributed by atoms with Crippen molar-refractivity contribution in [2.75, 3.05) is 11.1 Å². The van der Waals surface area contributed by atoms with E-state index in [2.05, 4.69) is 20.5 Å². The van der Waals surface area contributed by atoms with Gasteiger partial charge in [0.15, 0.2) is 5.82 Å². The van der Waals surface area contributed by atoms with Crippen LogP contribution in [0.2, 0.25) is 5.02 Å². The number of benzene rings is 2. The number of halogens is 1. The van der Waals surface area contributed by atoms with Crippen LogP contribution in [0.15, 0.2) is 47.6 Å². The number of anilines is 1. The molecule has 1 amide bonds. The first kappa shape index (κ1) is 17.5. The molecule has 0 spiro atoms. The summed E-state index contributed by atoms with van der Waals surface area (Å²) in [4.78, 5) is 16.5. The van der Waals surface area contributed by atoms with Crippen molar-refractivity contribution >= 4 is 35.0 Å². The summed E-state index contributed by atoms with van der Waals surface area (Å²) in [6.45, 7) is 4.00. The molecule has 128 valence electrons. The fourth-order valence-electron chi connectivity index (χ4n) is 2.35. The van der Waals surface area contributed by atoms with Crippen molar-refractivity contribution in [2.45, 2.75) is 19.0 Å². The molecule has 0 atom stereocenters. The molecule has 1 aromatic heterocycles. The van der Waals surface area contributed by atoms with Gasteiger partial charge in [0.25, 0.3) is 0 Å². The number of H-pyrrole nitrogens is 1. The number of carbonyl (C=O) groups excluding carboxylic acids is 1. The second-order valence-corrected chi connectivity index (χ2v) is 6.95. The molecule has 2 N–H and O–H groups in total. The standard InChI is InChI=1S/C18H17ClN4OS/c1-11-7-8-15(12(2)9-11)20-16(24)10-25-18-21-17(22-23-18)13-5-3-4-6-14(13)19/h3-9H,10H2,1-2H3,(H,20,24)(H,21,22,23). The average molecular weight is 373 g/mol. The monoisotopic (exact) mass is 372 g/mol. The first-order valence-electron chi connectivity index (χ1n) is 7.70. The van der Waals surface area contributed by atoms with Crippen molar-refractivity contribution in [1.29, 1.82) is 0 Å². The highest BCUT2D eigenvalue weighted by molar-refractivity contribution is 7.99. The van der Waals surface area contributed by atoms with E-state index >= 15 is 0 Å². The van der Waals surface area contributed by atoms with Gasteiger partial charge in [0.2, 0.25) is 11.1 Å². The fraction of sp³-hybridized carbons (Fsp3) is 0.167. The molecule has 1 heterocycles. The molecule has 0 saturated carbocycles. The summed E-state index contributed by atoms with van der Waals surface area (Å²) in [6.07, 6.45) is 0. The topological polar surface area (TPSA) is 70.7 Å². The van der Waals surface area contributed by atoms with Crippen LogP contribution in [0.3, 0.4) is 0 Å². The van der Waals surface area contributed by atoms with Gasteiger partial charge in [0.05, 0.1) is 10.8 Å². The van der Waals surface area contributed by atoms with E-state index in [9.17, 15) is 4.79 Å². The van der Waals surface area contributed by atoms with E-state index in [-0.39, 0.29) is 11.7 Å². The number of hydrogen-bond acceptors (Lipinski definition) is 4. The molecule has 0 aliphatic rings. The molecule has 5 nitrogen and oxygen atoms in total. The molecule has 0 saturated heterocycles. The van der Waals surface area contributed by atoms with Crippen molar-refractivity contribution in [1.82, 2.24) is 15.2 Å². The Labute approximate surface area is 155 Å². The zero-order chi connectivity index (χ0) is 17.8. The van der Waals surface area contributed by atoms with E-state index in [1.54, 1.807) is 6.07 Å².